The van der Waals surface area contributed by atoms with Crippen LogP contribution in [-0.4, -0.2) is 0 Å². The Morgan fingerprint density at radius 2 is 1.52 bits per heavy atom. The lowest BCUT2D eigenvalue weighted by atomic mass is 10.00. The van der Waals surface area contributed by atoms with Gasteiger partial charge in [0.25, 0.3) is 0 Å². The average molecular weight is 280 g/mol. The molecule has 0 bridgehead atoms. The van der Waals surface area contributed by atoms with Crippen LogP contribution in [0, 0.1) is 0 Å². The molecule has 0 saturated heterocycles. The third kappa shape index (κ3) is 5.38. The first kappa shape index (κ1) is 15.8. The predicted molar refractivity (Wildman–Crippen MR) is 94.8 cm³/mol. The number of benzene rings is 2. The Morgan fingerprint density at radius 1 is 0.762 bits per heavy atom. The molecule has 0 amide bonds. The summed E-state index contributed by atoms with van der Waals surface area (Å²) >= 11 is 0. The molecule has 2 aromatic carbocycles. The molecule has 0 aliphatic carbocycles. The number of aryl methyl sites for hydroxylation is 1. The van der Waals surface area contributed by atoms with Gasteiger partial charge in [-0.15, -0.1) is 0 Å². The van der Waals surface area contributed by atoms with Gasteiger partial charge in [0.1, 0.15) is 0 Å². The molecule has 0 radical (unpaired) electrons. The van der Waals surface area contributed by atoms with Gasteiger partial charge < -0.3 is 0 Å². The van der Waals surface area contributed by atoms with E-state index in [9.17, 15) is 0 Å². The van der Waals surface area contributed by atoms with Crippen molar-refractivity contribution in [1.82, 2.24) is 0 Å². The molecule has 21 heavy (non-hydrogen) atoms. The molecule has 0 atom stereocenters. The Morgan fingerprint density at radius 3 is 2.38 bits per heavy atom. The van der Waals surface area contributed by atoms with Crippen molar-refractivity contribution >= 4 is 10.8 Å². The maximum Gasteiger partial charge on any atom is -0.0152 e. The summed E-state index contributed by atoms with van der Waals surface area (Å²) < 4.78 is 0. The van der Waals surface area contributed by atoms with Crippen LogP contribution < -0.4 is 0 Å². The van der Waals surface area contributed by atoms with E-state index in [-0.39, 0.29) is 0 Å². The topological polar surface area (TPSA) is 0 Å². The molecule has 0 aliphatic rings. The van der Waals surface area contributed by atoms with Gasteiger partial charge >= 0.3 is 0 Å². The minimum atomic E-state index is 1.18. The van der Waals surface area contributed by atoms with Gasteiger partial charge in [0, 0.05) is 0 Å². The SMILES string of the molecule is CCCCCC/C=C/CCCc1cccc2ccccc12. The second-order valence-electron chi connectivity index (χ2n) is 5.85. The summed E-state index contributed by atoms with van der Waals surface area (Å²) in [4.78, 5) is 0. The fraction of sp³-hybridized carbons (Fsp3) is 0.429. The maximum absolute atomic E-state index is 2.37. The quantitative estimate of drug-likeness (QED) is 0.354. The van der Waals surface area contributed by atoms with Crippen LogP contribution in [0.3, 0.4) is 0 Å². The Bertz CT molecular complexity index is 545. The summed E-state index contributed by atoms with van der Waals surface area (Å²) in [7, 11) is 0. The Kier molecular flexibility index (Phi) is 7.07. The molecule has 0 aliphatic heterocycles. The van der Waals surface area contributed by atoms with E-state index in [1.54, 1.807) is 0 Å². The Hall–Kier alpha value is -1.56. The number of fused-ring (bicyclic) bond motifs is 1. The molecule has 0 fully saturated rings. The van der Waals surface area contributed by atoms with E-state index < -0.39 is 0 Å². The zero-order chi connectivity index (χ0) is 14.8. The third-order valence-electron chi connectivity index (χ3n) is 4.09. The van der Waals surface area contributed by atoms with Crippen molar-refractivity contribution in [3.05, 3.63) is 60.2 Å². The highest BCUT2D eigenvalue weighted by atomic mass is 14.0. The second kappa shape index (κ2) is 9.39. The minimum absolute atomic E-state index is 1.18. The summed E-state index contributed by atoms with van der Waals surface area (Å²) in [6, 6.07) is 15.4. The van der Waals surface area contributed by atoms with E-state index in [2.05, 4.69) is 61.5 Å². The number of unbranched alkanes of at least 4 members (excludes halogenated alkanes) is 5. The van der Waals surface area contributed by atoms with Crippen LogP contribution in [0.1, 0.15) is 57.4 Å². The van der Waals surface area contributed by atoms with Crippen LogP contribution in [0.25, 0.3) is 10.8 Å². The fourth-order valence-corrected chi connectivity index (χ4v) is 2.85. The lowest BCUT2D eigenvalue weighted by Gasteiger charge is -2.05. The van der Waals surface area contributed by atoms with Crippen LogP contribution in [0.2, 0.25) is 0 Å². The van der Waals surface area contributed by atoms with E-state index in [1.165, 1.54) is 67.7 Å². The van der Waals surface area contributed by atoms with Crippen molar-refractivity contribution in [3.63, 3.8) is 0 Å². The molecular weight excluding hydrogens is 252 g/mol. The predicted octanol–water partition coefficient (Wildman–Crippen LogP) is 6.69. The van der Waals surface area contributed by atoms with Gasteiger partial charge in [-0.1, -0.05) is 80.8 Å². The van der Waals surface area contributed by atoms with Crippen molar-refractivity contribution in [3.8, 4) is 0 Å². The summed E-state index contributed by atoms with van der Waals surface area (Å²) in [6.07, 6.45) is 15.1. The highest BCUT2D eigenvalue weighted by Gasteiger charge is 1.99. The normalized spacial score (nSPS) is 11.5. The van der Waals surface area contributed by atoms with Gasteiger partial charge in [0.05, 0.1) is 0 Å². The van der Waals surface area contributed by atoms with E-state index in [4.69, 9.17) is 0 Å². The first-order valence-corrected chi connectivity index (χ1v) is 8.53. The largest absolute Gasteiger partial charge is 0.0885 e. The van der Waals surface area contributed by atoms with Crippen molar-refractivity contribution in [2.24, 2.45) is 0 Å². The van der Waals surface area contributed by atoms with Gasteiger partial charge in [-0.05, 0) is 48.4 Å². The Balaban J connectivity index is 1.72. The van der Waals surface area contributed by atoms with E-state index in [0.717, 1.165) is 0 Å². The molecule has 0 unspecified atom stereocenters. The minimum Gasteiger partial charge on any atom is -0.0885 e. The molecule has 0 N–H and O–H groups in total. The summed E-state index contributed by atoms with van der Waals surface area (Å²) in [6.45, 7) is 2.27. The zero-order valence-electron chi connectivity index (χ0n) is 13.4. The smallest absolute Gasteiger partial charge is 0.0152 e. The molecule has 2 aromatic rings. The molecule has 112 valence electrons. The molecule has 0 spiro atoms. The monoisotopic (exact) mass is 280 g/mol. The van der Waals surface area contributed by atoms with Crippen LogP contribution in [0.5, 0.6) is 0 Å². The maximum atomic E-state index is 2.37. The summed E-state index contributed by atoms with van der Waals surface area (Å²) in [5, 5.41) is 2.78. The van der Waals surface area contributed by atoms with Crippen LogP contribution in [0.15, 0.2) is 54.6 Å². The average Bonchev–Trinajstić information content (AvgIpc) is 2.53. The molecule has 0 nitrogen and oxygen atoms in total. The highest BCUT2D eigenvalue weighted by Crippen LogP contribution is 2.20. The zero-order valence-corrected chi connectivity index (χ0v) is 13.4. The summed E-state index contributed by atoms with van der Waals surface area (Å²) in [5.41, 5.74) is 1.49. The van der Waals surface area contributed by atoms with Crippen LogP contribution >= 0.6 is 0 Å². The Labute approximate surface area is 129 Å². The standard InChI is InChI=1S/C21H28/c1-2-3-4-5-6-7-8-9-10-14-19-16-13-17-20-15-11-12-18-21(19)20/h7-8,11-13,15-18H,2-6,9-10,14H2,1H3/b8-7+. The number of rotatable bonds is 9. The number of hydrogen-bond acceptors (Lipinski definition) is 0. The van der Waals surface area contributed by atoms with Gasteiger partial charge in [-0.3, -0.25) is 0 Å². The first-order chi connectivity index (χ1) is 10.4. The lowest BCUT2D eigenvalue weighted by Crippen LogP contribution is -1.87. The van der Waals surface area contributed by atoms with Crippen molar-refractivity contribution in [2.75, 3.05) is 0 Å². The molecule has 0 saturated carbocycles. The van der Waals surface area contributed by atoms with Crippen molar-refractivity contribution in [1.29, 1.82) is 0 Å². The van der Waals surface area contributed by atoms with Gasteiger partial charge in [0.2, 0.25) is 0 Å². The molecule has 0 aromatic heterocycles. The first-order valence-electron chi connectivity index (χ1n) is 8.53. The molecular formula is C21H28. The van der Waals surface area contributed by atoms with Crippen LogP contribution in [-0.2, 0) is 6.42 Å². The summed E-state index contributed by atoms with van der Waals surface area (Å²) in [5.74, 6) is 0. The second-order valence-corrected chi connectivity index (χ2v) is 5.85. The molecule has 0 heteroatoms. The lowest BCUT2D eigenvalue weighted by molar-refractivity contribution is 0.673. The van der Waals surface area contributed by atoms with E-state index in [0.29, 0.717) is 0 Å². The highest BCUT2D eigenvalue weighted by molar-refractivity contribution is 5.85. The fourth-order valence-electron chi connectivity index (χ4n) is 2.85. The van der Waals surface area contributed by atoms with Crippen molar-refractivity contribution < 1.29 is 0 Å². The molecule has 2 rings (SSSR count). The van der Waals surface area contributed by atoms with Gasteiger partial charge in [0.15, 0.2) is 0 Å². The third-order valence-corrected chi connectivity index (χ3v) is 4.09. The van der Waals surface area contributed by atoms with Gasteiger partial charge in [-0.25, -0.2) is 0 Å². The van der Waals surface area contributed by atoms with Crippen molar-refractivity contribution in [2.45, 2.75) is 58.3 Å². The number of hydrogen-bond donors (Lipinski definition) is 0. The van der Waals surface area contributed by atoms with E-state index in [1.807, 2.05) is 0 Å². The molecule has 0 heterocycles. The van der Waals surface area contributed by atoms with Gasteiger partial charge in [-0.2, -0.15) is 0 Å². The van der Waals surface area contributed by atoms with Crippen LogP contribution in [0.4, 0.5) is 0 Å². The number of allylic oxidation sites excluding steroid dienone is 2. The van der Waals surface area contributed by atoms with E-state index >= 15 is 0 Å².